The highest BCUT2D eigenvalue weighted by Crippen LogP contribution is 2.42. The summed E-state index contributed by atoms with van der Waals surface area (Å²) in [6.45, 7) is 2.16. The zero-order chi connectivity index (χ0) is 11.6. The Labute approximate surface area is 95.0 Å². The van der Waals surface area contributed by atoms with Crippen LogP contribution in [-0.2, 0) is 9.84 Å². The van der Waals surface area contributed by atoms with Crippen molar-refractivity contribution in [3.8, 4) is 0 Å². The molecule has 2 fully saturated rings. The molecule has 2 aliphatic rings. The second kappa shape index (κ2) is 4.24. The summed E-state index contributed by atoms with van der Waals surface area (Å²) in [5.41, 5.74) is 8.38. The third-order valence-corrected chi connectivity index (χ3v) is 5.57. The molecule has 1 unspecified atom stereocenters. The van der Waals surface area contributed by atoms with E-state index in [9.17, 15) is 8.42 Å². The van der Waals surface area contributed by atoms with Crippen LogP contribution in [0.25, 0.3) is 10.4 Å². The molecule has 1 spiro atoms. The standard InChI is InChI=1S/C9H16N4O2S/c10-13-12-6-8-5-11-7-9(8)1-3-16(14,15)4-2-9/h8,11H,1-7H2. The van der Waals surface area contributed by atoms with Crippen LogP contribution in [0.5, 0.6) is 0 Å². The number of nitrogens with one attached hydrogen (secondary N) is 1. The molecule has 2 aliphatic heterocycles. The number of hydrogen-bond donors (Lipinski definition) is 1. The van der Waals surface area contributed by atoms with E-state index in [1.807, 2.05) is 0 Å². The van der Waals surface area contributed by atoms with E-state index in [1.165, 1.54) is 0 Å². The molecular weight excluding hydrogens is 228 g/mol. The zero-order valence-corrected chi connectivity index (χ0v) is 9.91. The van der Waals surface area contributed by atoms with Crippen molar-refractivity contribution in [3.63, 3.8) is 0 Å². The summed E-state index contributed by atoms with van der Waals surface area (Å²) >= 11 is 0. The van der Waals surface area contributed by atoms with Crippen molar-refractivity contribution < 1.29 is 8.42 Å². The average molecular weight is 244 g/mol. The molecule has 2 heterocycles. The third kappa shape index (κ3) is 2.16. The number of hydrogen-bond acceptors (Lipinski definition) is 4. The SMILES string of the molecule is [N-]=[N+]=NCC1CNCC12CCS(=O)(=O)CC2. The third-order valence-electron chi connectivity index (χ3n) is 3.92. The number of rotatable bonds is 2. The molecule has 0 amide bonds. The number of nitrogens with zero attached hydrogens (tertiary/aromatic N) is 3. The Morgan fingerprint density at radius 1 is 1.44 bits per heavy atom. The molecule has 16 heavy (non-hydrogen) atoms. The van der Waals surface area contributed by atoms with Gasteiger partial charge in [0.1, 0.15) is 9.84 Å². The van der Waals surface area contributed by atoms with Gasteiger partial charge in [-0.1, -0.05) is 5.11 Å². The van der Waals surface area contributed by atoms with Gasteiger partial charge < -0.3 is 5.32 Å². The largest absolute Gasteiger partial charge is 0.316 e. The second-order valence-corrected chi connectivity index (χ2v) is 7.06. The predicted molar refractivity (Wildman–Crippen MR) is 60.7 cm³/mol. The number of azide groups is 1. The topological polar surface area (TPSA) is 94.9 Å². The van der Waals surface area contributed by atoms with Crippen LogP contribution in [0.1, 0.15) is 12.8 Å². The van der Waals surface area contributed by atoms with Crippen molar-refractivity contribution in [2.45, 2.75) is 12.8 Å². The fourth-order valence-corrected chi connectivity index (χ4v) is 4.42. The first-order valence-electron chi connectivity index (χ1n) is 5.50. The van der Waals surface area contributed by atoms with E-state index >= 15 is 0 Å². The lowest BCUT2D eigenvalue weighted by atomic mass is 9.73. The molecule has 0 aromatic heterocycles. The maximum Gasteiger partial charge on any atom is 0.150 e. The molecule has 0 aliphatic carbocycles. The molecule has 0 radical (unpaired) electrons. The van der Waals surface area contributed by atoms with Crippen LogP contribution in [0, 0.1) is 11.3 Å². The lowest BCUT2D eigenvalue weighted by Gasteiger charge is -2.37. The minimum absolute atomic E-state index is 0.0412. The van der Waals surface area contributed by atoms with Gasteiger partial charge in [-0.15, -0.1) is 0 Å². The van der Waals surface area contributed by atoms with Crippen molar-refractivity contribution in [1.29, 1.82) is 0 Å². The molecule has 0 saturated carbocycles. The summed E-state index contributed by atoms with van der Waals surface area (Å²) in [5.74, 6) is 0.849. The monoisotopic (exact) mass is 244 g/mol. The molecule has 1 atom stereocenters. The summed E-state index contributed by atoms with van der Waals surface area (Å²) in [6.07, 6.45) is 1.40. The first kappa shape index (κ1) is 11.7. The minimum Gasteiger partial charge on any atom is -0.316 e. The van der Waals surface area contributed by atoms with Gasteiger partial charge in [-0.05, 0) is 36.3 Å². The van der Waals surface area contributed by atoms with Crippen molar-refractivity contribution >= 4 is 9.84 Å². The summed E-state index contributed by atoms with van der Waals surface area (Å²) in [4.78, 5) is 2.78. The number of sulfone groups is 1. The van der Waals surface area contributed by atoms with E-state index in [-0.39, 0.29) is 16.9 Å². The Balaban J connectivity index is 2.09. The van der Waals surface area contributed by atoms with Gasteiger partial charge in [0.25, 0.3) is 0 Å². The molecule has 2 rings (SSSR count). The highest BCUT2D eigenvalue weighted by molar-refractivity contribution is 7.91. The van der Waals surface area contributed by atoms with Gasteiger partial charge in [-0.25, -0.2) is 8.42 Å². The molecule has 0 aromatic carbocycles. The Morgan fingerprint density at radius 3 is 2.75 bits per heavy atom. The summed E-state index contributed by atoms with van der Waals surface area (Å²) < 4.78 is 22.8. The van der Waals surface area contributed by atoms with E-state index < -0.39 is 9.84 Å². The molecular formula is C9H16N4O2S. The molecule has 0 aromatic rings. The Bertz CT molecular complexity index is 399. The molecule has 90 valence electrons. The fourth-order valence-electron chi connectivity index (χ4n) is 2.78. The summed E-state index contributed by atoms with van der Waals surface area (Å²) in [6, 6.07) is 0. The Hall–Kier alpha value is -0.780. The van der Waals surface area contributed by atoms with Crippen LogP contribution in [-0.4, -0.2) is 39.6 Å². The van der Waals surface area contributed by atoms with Gasteiger partial charge >= 0.3 is 0 Å². The van der Waals surface area contributed by atoms with E-state index in [0.717, 1.165) is 13.1 Å². The minimum atomic E-state index is -2.82. The van der Waals surface area contributed by atoms with Gasteiger partial charge in [0, 0.05) is 18.0 Å². The average Bonchev–Trinajstić information content (AvgIpc) is 2.64. The second-order valence-electron chi connectivity index (χ2n) is 4.76. The van der Waals surface area contributed by atoms with E-state index in [2.05, 4.69) is 15.3 Å². The zero-order valence-electron chi connectivity index (χ0n) is 9.09. The highest BCUT2D eigenvalue weighted by atomic mass is 32.2. The lowest BCUT2D eigenvalue weighted by molar-refractivity contribution is 0.205. The van der Waals surface area contributed by atoms with Crippen LogP contribution in [0.2, 0.25) is 0 Å². The first-order chi connectivity index (χ1) is 7.58. The smallest absolute Gasteiger partial charge is 0.150 e. The van der Waals surface area contributed by atoms with Crippen LogP contribution >= 0.6 is 0 Å². The maximum absolute atomic E-state index is 11.4. The molecule has 6 nitrogen and oxygen atoms in total. The molecule has 1 N–H and O–H groups in total. The molecule has 7 heteroatoms. The van der Waals surface area contributed by atoms with Gasteiger partial charge in [-0.3, -0.25) is 0 Å². The molecule has 0 bridgehead atoms. The van der Waals surface area contributed by atoms with Gasteiger partial charge in [-0.2, -0.15) is 0 Å². The predicted octanol–water partition coefficient (Wildman–Crippen LogP) is 0.711. The van der Waals surface area contributed by atoms with Gasteiger partial charge in [0.2, 0.25) is 0 Å². The van der Waals surface area contributed by atoms with Crippen LogP contribution in [0.4, 0.5) is 0 Å². The van der Waals surface area contributed by atoms with Crippen molar-refractivity contribution in [2.75, 3.05) is 31.1 Å². The fraction of sp³-hybridized carbons (Fsp3) is 1.00. The van der Waals surface area contributed by atoms with Crippen LogP contribution in [0.3, 0.4) is 0 Å². The Morgan fingerprint density at radius 2 is 2.12 bits per heavy atom. The Kier molecular flexibility index (Phi) is 3.10. The van der Waals surface area contributed by atoms with Crippen molar-refractivity contribution in [2.24, 2.45) is 16.4 Å². The van der Waals surface area contributed by atoms with Gasteiger partial charge in [0.15, 0.2) is 0 Å². The van der Waals surface area contributed by atoms with E-state index in [1.54, 1.807) is 0 Å². The normalized spacial score (nSPS) is 31.1. The first-order valence-corrected chi connectivity index (χ1v) is 7.32. The quantitative estimate of drug-likeness (QED) is 0.440. The van der Waals surface area contributed by atoms with Crippen LogP contribution in [0.15, 0.2) is 5.11 Å². The summed E-state index contributed by atoms with van der Waals surface area (Å²) in [5, 5.41) is 6.92. The van der Waals surface area contributed by atoms with Crippen molar-refractivity contribution in [1.82, 2.24) is 5.32 Å². The van der Waals surface area contributed by atoms with E-state index in [4.69, 9.17) is 5.53 Å². The summed E-state index contributed by atoms with van der Waals surface area (Å²) in [7, 11) is -2.82. The van der Waals surface area contributed by atoms with Crippen molar-refractivity contribution in [3.05, 3.63) is 10.4 Å². The maximum atomic E-state index is 11.4. The molecule has 2 saturated heterocycles. The van der Waals surface area contributed by atoms with Gasteiger partial charge in [0.05, 0.1) is 11.5 Å². The highest BCUT2D eigenvalue weighted by Gasteiger charge is 2.45. The van der Waals surface area contributed by atoms with E-state index in [0.29, 0.717) is 25.3 Å². The van der Waals surface area contributed by atoms with Crippen LogP contribution < -0.4 is 5.32 Å². The lowest BCUT2D eigenvalue weighted by Crippen LogP contribution is -2.40.